The van der Waals surface area contributed by atoms with Gasteiger partial charge in [-0.3, -0.25) is 0 Å². The predicted molar refractivity (Wildman–Crippen MR) is 85.0 cm³/mol. The Balaban J connectivity index is 2.01. The molecule has 0 aromatic carbocycles. The minimum absolute atomic E-state index is 0.500. The minimum atomic E-state index is 0.500. The summed E-state index contributed by atoms with van der Waals surface area (Å²) in [5.74, 6) is 2.27. The lowest BCUT2D eigenvalue weighted by molar-refractivity contribution is 0.222. The van der Waals surface area contributed by atoms with Crippen molar-refractivity contribution in [2.45, 2.75) is 18.7 Å². The predicted octanol–water partition coefficient (Wildman–Crippen LogP) is 3.36. The van der Waals surface area contributed by atoms with Crippen LogP contribution in [0.4, 0.5) is 5.82 Å². The number of alkyl halides is 1. The van der Waals surface area contributed by atoms with Gasteiger partial charge in [0, 0.05) is 29.8 Å². The van der Waals surface area contributed by atoms with Crippen molar-refractivity contribution in [2.75, 3.05) is 38.6 Å². The van der Waals surface area contributed by atoms with E-state index < -0.39 is 0 Å². The Labute approximate surface area is 129 Å². The molecule has 1 fully saturated rings. The second-order valence-electron chi connectivity index (χ2n) is 5.40. The van der Waals surface area contributed by atoms with E-state index in [0.717, 1.165) is 28.3 Å². The molecular formula is C14H21BrClN3. The van der Waals surface area contributed by atoms with Crippen molar-refractivity contribution in [3.05, 3.63) is 22.3 Å². The fourth-order valence-electron chi connectivity index (χ4n) is 2.63. The van der Waals surface area contributed by atoms with Gasteiger partial charge in [-0.1, -0.05) is 0 Å². The molecule has 1 saturated heterocycles. The van der Waals surface area contributed by atoms with Crippen LogP contribution in [0, 0.1) is 5.92 Å². The van der Waals surface area contributed by atoms with Gasteiger partial charge in [0.2, 0.25) is 0 Å². The van der Waals surface area contributed by atoms with Crippen molar-refractivity contribution in [1.29, 1.82) is 0 Å². The van der Waals surface area contributed by atoms with E-state index in [1.165, 1.54) is 25.9 Å². The number of halogens is 2. The Morgan fingerprint density at radius 2 is 2.16 bits per heavy atom. The van der Waals surface area contributed by atoms with Crippen LogP contribution in [-0.4, -0.2) is 43.6 Å². The number of aromatic nitrogens is 1. The van der Waals surface area contributed by atoms with E-state index in [0.29, 0.717) is 5.88 Å². The first-order valence-corrected chi connectivity index (χ1v) is 8.03. The maximum Gasteiger partial charge on any atom is 0.132 e. The largest absolute Gasteiger partial charge is 0.359 e. The fourth-order valence-corrected chi connectivity index (χ4v) is 3.21. The van der Waals surface area contributed by atoms with Gasteiger partial charge in [0.1, 0.15) is 5.82 Å². The molecule has 0 atom stereocenters. The Hall–Kier alpha value is -0.320. The Morgan fingerprint density at radius 1 is 1.47 bits per heavy atom. The molecule has 5 heteroatoms. The number of hydrogen-bond acceptors (Lipinski definition) is 3. The first kappa shape index (κ1) is 15.1. The van der Waals surface area contributed by atoms with Gasteiger partial charge in [0.15, 0.2) is 0 Å². The number of pyridine rings is 1. The van der Waals surface area contributed by atoms with Gasteiger partial charge in [-0.05, 0) is 60.9 Å². The lowest BCUT2D eigenvalue weighted by atomic mass is 9.96. The number of hydrogen-bond donors (Lipinski definition) is 0. The lowest BCUT2D eigenvalue weighted by Crippen LogP contribution is -2.36. The molecule has 0 N–H and O–H groups in total. The summed E-state index contributed by atoms with van der Waals surface area (Å²) in [6, 6.07) is 2.06. The molecular weight excluding hydrogens is 326 g/mol. The molecule has 2 heterocycles. The topological polar surface area (TPSA) is 19.4 Å². The van der Waals surface area contributed by atoms with Crippen LogP contribution in [-0.2, 0) is 5.88 Å². The highest BCUT2D eigenvalue weighted by Gasteiger charge is 2.19. The maximum absolute atomic E-state index is 6.02. The van der Waals surface area contributed by atoms with Gasteiger partial charge in [-0.25, -0.2) is 4.98 Å². The highest BCUT2D eigenvalue weighted by Crippen LogP contribution is 2.25. The van der Waals surface area contributed by atoms with E-state index in [1.807, 2.05) is 6.20 Å². The average molecular weight is 347 g/mol. The maximum atomic E-state index is 6.02. The molecule has 0 unspecified atom stereocenters. The van der Waals surface area contributed by atoms with Crippen molar-refractivity contribution >= 4 is 33.3 Å². The first-order valence-electron chi connectivity index (χ1n) is 6.70. The lowest BCUT2D eigenvalue weighted by Gasteiger charge is -2.32. The van der Waals surface area contributed by atoms with E-state index in [4.69, 9.17) is 11.6 Å². The summed E-state index contributed by atoms with van der Waals surface area (Å²) in [6.07, 6.45) is 4.39. The van der Waals surface area contributed by atoms with Gasteiger partial charge >= 0.3 is 0 Å². The molecule has 19 heavy (non-hydrogen) atoms. The summed E-state index contributed by atoms with van der Waals surface area (Å²) in [7, 11) is 4.31. The van der Waals surface area contributed by atoms with Crippen LogP contribution in [0.1, 0.15) is 18.4 Å². The molecule has 1 aliphatic heterocycles. The van der Waals surface area contributed by atoms with E-state index in [1.54, 1.807) is 0 Å². The van der Waals surface area contributed by atoms with Crippen LogP contribution < -0.4 is 4.90 Å². The Kier molecular flexibility index (Phi) is 5.48. The number of anilines is 1. The quantitative estimate of drug-likeness (QED) is 0.779. The van der Waals surface area contributed by atoms with E-state index in [9.17, 15) is 0 Å². The molecule has 0 saturated carbocycles. The first-order chi connectivity index (χ1) is 9.10. The van der Waals surface area contributed by atoms with Crippen LogP contribution >= 0.6 is 27.5 Å². The summed E-state index contributed by atoms with van der Waals surface area (Å²) in [5, 5.41) is 0. The number of nitrogens with zero attached hydrogens (tertiary/aromatic N) is 3. The van der Waals surface area contributed by atoms with Crippen LogP contribution in [0.15, 0.2) is 16.7 Å². The fraction of sp³-hybridized carbons (Fsp3) is 0.643. The van der Waals surface area contributed by atoms with Crippen LogP contribution in [0.5, 0.6) is 0 Å². The molecule has 0 amide bonds. The SMILES string of the molecule is CN1CCC(CN(C)c2ncc(Br)cc2CCl)CC1. The van der Waals surface area contributed by atoms with Gasteiger partial charge in [-0.15, -0.1) is 11.6 Å². The van der Waals surface area contributed by atoms with Gasteiger partial charge in [-0.2, -0.15) is 0 Å². The monoisotopic (exact) mass is 345 g/mol. The molecule has 0 radical (unpaired) electrons. The van der Waals surface area contributed by atoms with E-state index in [-0.39, 0.29) is 0 Å². The third kappa shape index (κ3) is 4.07. The Morgan fingerprint density at radius 3 is 2.79 bits per heavy atom. The summed E-state index contributed by atoms with van der Waals surface area (Å²) < 4.78 is 0.986. The molecule has 1 aromatic rings. The van der Waals surface area contributed by atoms with Gasteiger partial charge in [0.25, 0.3) is 0 Å². The normalized spacial score (nSPS) is 17.7. The second-order valence-corrected chi connectivity index (χ2v) is 6.58. The van der Waals surface area contributed by atoms with Crippen LogP contribution in [0.2, 0.25) is 0 Å². The standard InChI is InChI=1S/C14H21BrClN3/c1-18-5-3-11(4-6-18)10-19(2)14-12(8-16)7-13(15)9-17-14/h7,9,11H,3-6,8,10H2,1-2H3. The molecule has 2 rings (SSSR count). The highest BCUT2D eigenvalue weighted by molar-refractivity contribution is 9.10. The second kappa shape index (κ2) is 6.91. The summed E-state index contributed by atoms with van der Waals surface area (Å²) >= 11 is 9.46. The molecule has 106 valence electrons. The van der Waals surface area contributed by atoms with E-state index >= 15 is 0 Å². The molecule has 0 aliphatic carbocycles. The Bertz CT molecular complexity index is 419. The number of rotatable bonds is 4. The summed E-state index contributed by atoms with van der Waals surface area (Å²) in [4.78, 5) is 9.17. The average Bonchev–Trinajstić information content (AvgIpc) is 2.41. The van der Waals surface area contributed by atoms with Crippen molar-refractivity contribution < 1.29 is 0 Å². The number of piperidine rings is 1. The minimum Gasteiger partial charge on any atom is -0.359 e. The smallest absolute Gasteiger partial charge is 0.132 e. The highest BCUT2D eigenvalue weighted by atomic mass is 79.9. The molecule has 0 spiro atoms. The van der Waals surface area contributed by atoms with Crippen molar-refractivity contribution in [2.24, 2.45) is 5.92 Å². The van der Waals surface area contributed by atoms with Crippen LogP contribution in [0.3, 0.4) is 0 Å². The zero-order valence-electron chi connectivity index (χ0n) is 11.6. The summed E-state index contributed by atoms with van der Waals surface area (Å²) in [5.41, 5.74) is 1.09. The third-order valence-corrected chi connectivity index (χ3v) is 4.51. The zero-order valence-corrected chi connectivity index (χ0v) is 13.9. The van der Waals surface area contributed by atoms with Crippen LogP contribution in [0.25, 0.3) is 0 Å². The van der Waals surface area contributed by atoms with Gasteiger partial charge in [0.05, 0.1) is 5.88 Å². The zero-order chi connectivity index (χ0) is 13.8. The third-order valence-electron chi connectivity index (χ3n) is 3.79. The molecule has 1 aromatic heterocycles. The molecule has 0 bridgehead atoms. The molecule has 3 nitrogen and oxygen atoms in total. The van der Waals surface area contributed by atoms with Crippen molar-refractivity contribution in [1.82, 2.24) is 9.88 Å². The summed E-state index contributed by atoms with van der Waals surface area (Å²) in [6.45, 7) is 3.47. The van der Waals surface area contributed by atoms with Gasteiger partial charge < -0.3 is 9.80 Å². The van der Waals surface area contributed by atoms with Crippen molar-refractivity contribution in [3.63, 3.8) is 0 Å². The number of likely N-dealkylation sites (tertiary alicyclic amines) is 1. The van der Waals surface area contributed by atoms with E-state index in [2.05, 4.69) is 50.9 Å². The molecule has 1 aliphatic rings. The van der Waals surface area contributed by atoms with Crippen molar-refractivity contribution in [3.8, 4) is 0 Å².